The molecule has 1 aromatic rings. The number of rotatable bonds is 5. The Morgan fingerprint density at radius 3 is 2.84 bits per heavy atom. The summed E-state index contributed by atoms with van der Waals surface area (Å²) >= 11 is 0. The Morgan fingerprint density at radius 2 is 2.26 bits per heavy atom. The van der Waals surface area contributed by atoms with E-state index in [4.69, 9.17) is 20.2 Å². The fourth-order valence-corrected chi connectivity index (χ4v) is 2.94. The van der Waals surface area contributed by atoms with Crippen molar-refractivity contribution in [3.8, 4) is 5.75 Å². The third-order valence-electron chi connectivity index (χ3n) is 3.15. The third-order valence-corrected chi connectivity index (χ3v) is 4.50. The summed E-state index contributed by atoms with van der Waals surface area (Å²) < 4.78 is 33.5. The van der Waals surface area contributed by atoms with Crippen LogP contribution in [0.2, 0.25) is 0 Å². The van der Waals surface area contributed by atoms with Gasteiger partial charge in [-0.05, 0) is 43.5 Å². The van der Waals surface area contributed by atoms with Crippen LogP contribution in [0.25, 0.3) is 0 Å². The monoisotopic (exact) mass is 304 g/mol. The van der Waals surface area contributed by atoms with E-state index in [1.807, 2.05) is 0 Å². The first-order valence-corrected chi connectivity index (χ1v) is 8.57. The zero-order chi connectivity index (χ0) is 13.9. The normalized spacial score (nSPS) is 19.6. The van der Waals surface area contributed by atoms with E-state index in [-0.39, 0.29) is 4.90 Å². The minimum atomic E-state index is -3.68. The maximum Gasteiger partial charge on any atom is 0.261 e. The highest BCUT2D eigenvalue weighted by Gasteiger charge is 2.16. The summed E-state index contributed by atoms with van der Waals surface area (Å²) in [6.45, 7) is 3.21. The first kappa shape index (κ1) is 14.6. The Kier molecular flexibility index (Phi) is 4.71. The van der Waals surface area contributed by atoms with Crippen LogP contribution >= 0.6 is 10.7 Å². The van der Waals surface area contributed by atoms with E-state index in [1.165, 1.54) is 12.1 Å². The van der Waals surface area contributed by atoms with Crippen LogP contribution in [0.5, 0.6) is 5.75 Å². The molecule has 0 aromatic heterocycles. The Labute approximate surface area is 118 Å². The largest absolute Gasteiger partial charge is 0.493 e. The SMILES string of the molecule is Cc1cc(S(=O)(=O)Cl)ccc1OCCC1CCCO1. The van der Waals surface area contributed by atoms with Gasteiger partial charge in [0.25, 0.3) is 9.05 Å². The number of aryl methyl sites for hydroxylation is 1. The van der Waals surface area contributed by atoms with Crippen LogP contribution < -0.4 is 4.74 Å². The second-order valence-corrected chi connectivity index (χ2v) is 7.20. The predicted molar refractivity (Wildman–Crippen MR) is 73.3 cm³/mol. The van der Waals surface area contributed by atoms with E-state index in [0.717, 1.165) is 31.4 Å². The van der Waals surface area contributed by atoms with Gasteiger partial charge in [0, 0.05) is 23.7 Å². The molecule has 0 amide bonds. The van der Waals surface area contributed by atoms with Gasteiger partial charge in [-0.2, -0.15) is 0 Å². The molecule has 1 atom stereocenters. The first-order chi connectivity index (χ1) is 8.97. The smallest absolute Gasteiger partial charge is 0.261 e. The van der Waals surface area contributed by atoms with Crippen molar-refractivity contribution in [2.75, 3.05) is 13.2 Å². The molecule has 1 aliphatic rings. The van der Waals surface area contributed by atoms with Gasteiger partial charge in [-0.3, -0.25) is 0 Å². The number of halogens is 1. The molecule has 19 heavy (non-hydrogen) atoms. The van der Waals surface area contributed by atoms with E-state index in [2.05, 4.69) is 0 Å². The van der Waals surface area contributed by atoms with Gasteiger partial charge in [-0.1, -0.05) is 0 Å². The van der Waals surface area contributed by atoms with Crippen LogP contribution in [0, 0.1) is 6.92 Å². The fraction of sp³-hybridized carbons (Fsp3) is 0.538. The maximum atomic E-state index is 11.2. The molecule has 0 saturated carbocycles. The molecule has 4 nitrogen and oxygen atoms in total. The highest BCUT2D eigenvalue weighted by Crippen LogP contribution is 2.24. The van der Waals surface area contributed by atoms with Gasteiger partial charge in [-0.25, -0.2) is 8.42 Å². The standard InChI is InChI=1S/C13H17ClO4S/c1-10-9-12(19(14,15)16)4-5-13(10)18-8-6-11-3-2-7-17-11/h4-5,9,11H,2-3,6-8H2,1H3. The summed E-state index contributed by atoms with van der Waals surface area (Å²) in [6.07, 6.45) is 3.36. The summed E-state index contributed by atoms with van der Waals surface area (Å²) in [6, 6.07) is 4.61. The molecular weight excluding hydrogens is 288 g/mol. The topological polar surface area (TPSA) is 52.6 Å². The minimum absolute atomic E-state index is 0.0955. The molecule has 1 aromatic carbocycles. The van der Waals surface area contributed by atoms with Crippen LogP contribution in [-0.4, -0.2) is 27.7 Å². The molecule has 1 saturated heterocycles. The first-order valence-electron chi connectivity index (χ1n) is 6.26. The summed E-state index contributed by atoms with van der Waals surface area (Å²) in [5, 5.41) is 0. The average molecular weight is 305 g/mol. The van der Waals surface area contributed by atoms with Crippen LogP contribution in [0.15, 0.2) is 23.1 Å². The Bertz CT molecular complexity index is 536. The Balaban J connectivity index is 1.93. The van der Waals surface area contributed by atoms with Crippen molar-refractivity contribution >= 4 is 19.7 Å². The van der Waals surface area contributed by atoms with Crippen molar-refractivity contribution in [1.82, 2.24) is 0 Å². The summed E-state index contributed by atoms with van der Waals surface area (Å²) in [5.74, 6) is 0.682. The number of hydrogen-bond donors (Lipinski definition) is 0. The van der Waals surface area contributed by atoms with Gasteiger partial charge in [0.1, 0.15) is 5.75 Å². The Hall–Kier alpha value is -0.780. The molecule has 1 unspecified atom stereocenters. The van der Waals surface area contributed by atoms with E-state index in [1.54, 1.807) is 13.0 Å². The van der Waals surface area contributed by atoms with Crippen molar-refractivity contribution in [2.45, 2.75) is 37.2 Å². The molecule has 0 bridgehead atoms. The molecule has 1 aliphatic heterocycles. The zero-order valence-corrected chi connectivity index (χ0v) is 12.3. The summed E-state index contributed by atoms with van der Waals surface area (Å²) in [5.41, 5.74) is 0.758. The van der Waals surface area contributed by atoms with E-state index in [0.29, 0.717) is 18.5 Å². The number of ether oxygens (including phenoxy) is 2. The predicted octanol–water partition coefficient (Wildman–Crippen LogP) is 2.87. The third kappa shape index (κ3) is 4.09. The van der Waals surface area contributed by atoms with Gasteiger partial charge in [0.2, 0.25) is 0 Å². The number of benzene rings is 1. The van der Waals surface area contributed by atoms with Crippen molar-refractivity contribution in [3.63, 3.8) is 0 Å². The van der Waals surface area contributed by atoms with Crippen molar-refractivity contribution in [1.29, 1.82) is 0 Å². The highest BCUT2D eigenvalue weighted by molar-refractivity contribution is 8.13. The Morgan fingerprint density at radius 1 is 1.47 bits per heavy atom. The molecule has 0 N–H and O–H groups in total. The summed E-state index contributed by atoms with van der Waals surface area (Å²) in [7, 11) is 1.61. The van der Waals surface area contributed by atoms with E-state index in [9.17, 15) is 8.42 Å². The lowest BCUT2D eigenvalue weighted by atomic mass is 10.2. The molecule has 2 rings (SSSR count). The molecular formula is C13H17ClO4S. The molecule has 0 radical (unpaired) electrons. The molecule has 106 valence electrons. The van der Waals surface area contributed by atoms with Crippen LogP contribution in [0.4, 0.5) is 0 Å². The lowest BCUT2D eigenvalue weighted by Crippen LogP contribution is -2.11. The zero-order valence-electron chi connectivity index (χ0n) is 10.8. The second kappa shape index (κ2) is 6.11. The minimum Gasteiger partial charge on any atom is -0.493 e. The quantitative estimate of drug-likeness (QED) is 0.785. The number of hydrogen-bond acceptors (Lipinski definition) is 4. The molecule has 0 aliphatic carbocycles. The lowest BCUT2D eigenvalue weighted by Gasteiger charge is -2.12. The second-order valence-electron chi connectivity index (χ2n) is 4.64. The van der Waals surface area contributed by atoms with Gasteiger partial charge < -0.3 is 9.47 Å². The average Bonchev–Trinajstić information content (AvgIpc) is 2.83. The maximum absolute atomic E-state index is 11.2. The van der Waals surface area contributed by atoms with Crippen LogP contribution in [0.3, 0.4) is 0 Å². The van der Waals surface area contributed by atoms with E-state index < -0.39 is 9.05 Å². The van der Waals surface area contributed by atoms with Gasteiger partial charge in [0.15, 0.2) is 0 Å². The molecule has 1 heterocycles. The van der Waals surface area contributed by atoms with Gasteiger partial charge in [-0.15, -0.1) is 0 Å². The van der Waals surface area contributed by atoms with Crippen molar-refractivity contribution in [3.05, 3.63) is 23.8 Å². The lowest BCUT2D eigenvalue weighted by molar-refractivity contribution is 0.0902. The molecule has 0 spiro atoms. The van der Waals surface area contributed by atoms with Crippen molar-refractivity contribution < 1.29 is 17.9 Å². The highest BCUT2D eigenvalue weighted by atomic mass is 35.7. The molecule has 1 fully saturated rings. The fourth-order valence-electron chi connectivity index (χ4n) is 2.11. The summed E-state index contributed by atoms with van der Waals surface area (Å²) in [4.78, 5) is 0.0955. The van der Waals surface area contributed by atoms with Gasteiger partial charge >= 0.3 is 0 Å². The van der Waals surface area contributed by atoms with Crippen LogP contribution in [0.1, 0.15) is 24.8 Å². The molecule has 6 heteroatoms. The van der Waals surface area contributed by atoms with E-state index >= 15 is 0 Å². The van der Waals surface area contributed by atoms with Crippen LogP contribution in [-0.2, 0) is 13.8 Å². The van der Waals surface area contributed by atoms with Crippen molar-refractivity contribution in [2.24, 2.45) is 0 Å². The van der Waals surface area contributed by atoms with Gasteiger partial charge in [0.05, 0.1) is 17.6 Å².